The Bertz CT molecular complexity index is 268. The minimum absolute atomic E-state index is 0.482. The van der Waals surface area contributed by atoms with Gasteiger partial charge in [0.2, 0.25) is 0 Å². The molecule has 0 aliphatic carbocycles. The predicted octanol–water partition coefficient (Wildman–Crippen LogP) is 3.19. The van der Waals surface area contributed by atoms with Crippen LogP contribution < -0.4 is 0 Å². The fraction of sp³-hybridized carbons (Fsp3) is 0.538. The molecule has 0 aromatic heterocycles. The number of hydrogen-bond donors (Lipinski definition) is 0. The van der Waals surface area contributed by atoms with Gasteiger partial charge in [0.1, 0.15) is 0 Å². The summed E-state index contributed by atoms with van der Waals surface area (Å²) in [7, 11) is 0. The molecule has 1 aromatic carbocycles. The maximum absolute atomic E-state index is 5.78. The summed E-state index contributed by atoms with van der Waals surface area (Å²) in [5.41, 5.74) is 1.43. The topological polar surface area (TPSA) is 9.23 Å². The number of benzene rings is 1. The van der Waals surface area contributed by atoms with E-state index in [1.165, 1.54) is 24.8 Å². The van der Waals surface area contributed by atoms with E-state index in [0.29, 0.717) is 12.2 Å². The molecule has 1 heterocycles. The Kier molecular flexibility index (Phi) is 3.20. The van der Waals surface area contributed by atoms with Gasteiger partial charge in [-0.2, -0.15) is 0 Å². The quantitative estimate of drug-likeness (QED) is 0.711. The van der Waals surface area contributed by atoms with E-state index in [1.807, 2.05) is 0 Å². The van der Waals surface area contributed by atoms with E-state index in [0.717, 1.165) is 6.42 Å². The molecule has 0 bridgehead atoms. The molecule has 2 atom stereocenters. The summed E-state index contributed by atoms with van der Waals surface area (Å²) in [4.78, 5) is 0. The van der Waals surface area contributed by atoms with Gasteiger partial charge in [0.15, 0.2) is 0 Å². The first-order valence-corrected chi connectivity index (χ1v) is 5.54. The summed E-state index contributed by atoms with van der Waals surface area (Å²) in [5, 5.41) is 0. The number of aryl methyl sites for hydroxylation is 1. The molecule has 1 saturated heterocycles. The van der Waals surface area contributed by atoms with E-state index in [-0.39, 0.29) is 0 Å². The Morgan fingerprint density at radius 3 is 2.64 bits per heavy atom. The summed E-state index contributed by atoms with van der Waals surface area (Å²) in [6.45, 7) is 2.17. The van der Waals surface area contributed by atoms with Crippen molar-refractivity contribution in [3.8, 4) is 0 Å². The van der Waals surface area contributed by atoms with Crippen LogP contribution in [0.2, 0.25) is 0 Å². The highest BCUT2D eigenvalue weighted by molar-refractivity contribution is 5.14. The molecule has 0 amide bonds. The molecule has 1 heteroatoms. The molecule has 1 nitrogen and oxygen atoms in total. The van der Waals surface area contributed by atoms with Crippen molar-refractivity contribution in [2.45, 2.75) is 44.8 Å². The van der Waals surface area contributed by atoms with E-state index in [1.54, 1.807) is 0 Å². The Hall–Kier alpha value is -0.820. The van der Waals surface area contributed by atoms with Crippen molar-refractivity contribution in [1.82, 2.24) is 0 Å². The Morgan fingerprint density at radius 1 is 1.21 bits per heavy atom. The molecular weight excluding hydrogens is 172 g/mol. The highest BCUT2D eigenvalue weighted by Gasteiger charge is 2.20. The van der Waals surface area contributed by atoms with Crippen LogP contribution in [0.5, 0.6) is 0 Å². The molecule has 2 unspecified atom stereocenters. The Balaban J connectivity index is 1.78. The summed E-state index contributed by atoms with van der Waals surface area (Å²) in [6, 6.07) is 10.7. The van der Waals surface area contributed by atoms with Crippen molar-refractivity contribution in [2.75, 3.05) is 0 Å². The third-order valence-electron chi connectivity index (χ3n) is 2.92. The molecule has 1 aliphatic rings. The van der Waals surface area contributed by atoms with E-state index < -0.39 is 0 Å². The highest BCUT2D eigenvalue weighted by atomic mass is 16.5. The van der Waals surface area contributed by atoms with Crippen LogP contribution in [0.4, 0.5) is 0 Å². The summed E-state index contributed by atoms with van der Waals surface area (Å²) in [5.74, 6) is 0. The van der Waals surface area contributed by atoms with Gasteiger partial charge < -0.3 is 4.74 Å². The Labute approximate surface area is 86.1 Å². The van der Waals surface area contributed by atoms with Crippen molar-refractivity contribution in [3.63, 3.8) is 0 Å². The van der Waals surface area contributed by atoms with Gasteiger partial charge in [-0.3, -0.25) is 0 Å². The third-order valence-corrected chi connectivity index (χ3v) is 2.92. The first-order valence-electron chi connectivity index (χ1n) is 5.54. The smallest absolute Gasteiger partial charge is 0.0582 e. The highest BCUT2D eigenvalue weighted by Crippen LogP contribution is 2.22. The van der Waals surface area contributed by atoms with Crippen LogP contribution in [0.15, 0.2) is 30.3 Å². The minimum Gasteiger partial charge on any atom is -0.375 e. The first-order chi connectivity index (χ1) is 6.84. The molecule has 1 fully saturated rings. The van der Waals surface area contributed by atoms with Gasteiger partial charge in [-0.05, 0) is 38.2 Å². The lowest BCUT2D eigenvalue weighted by molar-refractivity contribution is 0.0512. The monoisotopic (exact) mass is 190 g/mol. The number of rotatable bonds is 3. The number of ether oxygens (including phenoxy) is 1. The van der Waals surface area contributed by atoms with E-state index in [9.17, 15) is 0 Å². The average molecular weight is 190 g/mol. The zero-order valence-electron chi connectivity index (χ0n) is 8.78. The van der Waals surface area contributed by atoms with Gasteiger partial charge in [-0.1, -0.05) is 30.3 Å². The molecule has 0 radical (unpaired) electrons. The molecule has 2 rings (SSSR count). The van der Waals surface area contributed by atoms with Gasteiger partial charge in [-0.25, -0.2) is 0 Å². The minimum atomic E-state index is 0.482. The second-order valence-electron chi connectivity index (χ2n) is 4.17. The number of hydrogen-bond acceptors (Lipinski definition) is 1. The van der Waals surface area contributed by atoms with Crippen LogP contribution in [0.3, 0.4) is 0 Å². The largest absolute Gasteiger partial charge is 0.375 e. The van der Waals surface area contributed by atoms with E-state index in [2.05, 4.69) is 37.3 Å². The van der Waals surface area contributed by atoms with Crippen molar-refractivity contribution < 1.29 is 4.74 Å². The SMILES string of the molecule is CC1CCC(CCc2ccccc2)O1. The van der Waals surface area contributed by atoms with Crippen molar-refractivity contribution in [1.29, 1.82) is 0 Å². The molecule has 1 aliphatic heterocycles. The van der Waals surface area contributed by atoms with Crippen LogP contribution in [0.1, 0.15) is 31.7 Å². The van der Waals surface area contributed by atoms with E-state index >= 15 is 0 Å². The normalized spacial score (nSPS) is 26.6. The summed E-state index contributed by atoms with van der Waals surface area (Å²) < 4.78 is 5.78. The lowest BCUT2D eigenvalue weighted by atomic mass is 10.1. The van der Waals surface area contributed by atoms with Crippen LogP contribution in [-0.4, -0.2) is 12.2 Å². The van der Waals surface area contributed by atoms with Crippen molar-refractivity contribution >= 4 is 0 Å². The molecule has 76 valence electrons. The fourth-order valence-electron chi connectivity index (χ4n) is 2.07. The molecule has 0 N–H and O–H groups in total. The molecule has 1 aromatic rings. The second kappa shape index (κ2) is 4.61. The van der Waals surface area contributed by atoms with Crippen molar-refractivity contribution in [3.05, 3.63) is 35.9 Å². The van der Waals surface area contributed by atoms with Gasteiger partial charge in [0, 0.05) is 0 Å². The van der Waals surface area contributed by atoms with E-state index in [4.69, 9.17) is 4.74 Å². The van der Waals surface area contributed by atoms with Gasteiger partial charge in [0.25, 0.3) is 0 Å². The van der Waals surface area contributed by atoms with Crippen molar-refractivity contribution in [2.24, 2.45) is 0 Å². The second-order valence-corrected chi connectivity index (χ2v) is 4.17. The molecule has 14 heavy (non-hydrogen) atoms. The zero-order chi connectivity index (χ0) is 9.80. The molecular formula is C13H18O. The van der Waals surface area contributed by atoms with Crippen LogP contribution >= 0.6 is 0 Å². The Morgan fingerprint density at radius 2 is 2.00 bits per heavy atom. The standard InChI is InChI=1S/C13H18O/c1-11-7-9-13(14-11)10-8-12-5-3-2-4-6-12/h2-6,11,13H,7-10H2,1H3. The predicted molar refractivity (Wildman–Crippen MR) is 58.3 cm³/mol. The maximum Gasteiger partial charge on any atom is 0.0582 e. The van der Waals surface area contributed by atoms with Gasteiger partial charge >= 0.3 is 0 Å². The van der Waals surface area contributed by atoms with Crippen LogP contribution in [-0.2, 0) is 11.2 Å². The van der Waals surface area contributed by atoms with Gasteiger partial charge in [-0.15, -0.1) is 0 Å². The van der Waals surface area contributed by atoms with Crippen LogP contribution in [0.25, 0.3) is 0 Å². The molecule has 0 saturated carbocycles. The molecule has 0 spiro atoms. The third kappa shape index (κ3) is 2.58. The maximum atomic E-state index is 5.78. The average Bonchev–Trinajstić information content (AvgIpc) is 2.63. The summed E-state index contributed by atoms with van der Waals surface area (Å²) in [6.07, 6.45) is 5.79. The lowest BCUT2D eigenvalue weighted by Gasteiger charge is -2.10. The summed E-state index contributed by atoms with van der Waals surface area (Å²) >= 11 is 0. The van der Waals surface area contributed by atoms with Crippen LogP contribution in [0, 0.1) is 0 Å². The zero-order valence-corrected chi connectivity index (χ0v) is 8.78. The lowest BCUT2D eigenvalue weighted by Crippen LogP contribution is -2.09. The van der Waals surface area contributed by atoms with Gasteiger partial charge in [0.05, 0.1) is 12.2 Å². The first kappa shape index (κ1) is 9.72. The fourth-order valence-corrected chi connectivity index (χ4v) is 2.07.